The Morgan fingerprint density at radius 3 is 2.71 bits per heavy atom. The highest BCUT2D eigenvalue weighted by Crippen LogP contribution is 2.37. The van der Waals surface area contributed by atoms with E-state index in [0.717, 1.165) is 12.8 Å². The average Bonchev–Trinajstić information content (AvgIpc) is 3.24. The van der Waals surface area contributed by atoms with E-state index in [1.165, 1.54) is 36.0 Å². The number of H-pyrrole nitrogens is 1. The molecule has 0 bridgehead atoms. The van der Waals surface area contributed by atoms with E-state index in [1.807, 2.05) is 0 Å². The van der Waals surface area contributed by atoms with Gasteiger partial charge in [-0.05, 0) is 44.0 Å². The molecule has 1 saturated carbocycles. The number of nitrogens with zero attached hydrogens (tertiary/aromatic N) is 2. The molecule has 1 aromatic carbocycles. The van der Waals surface area contributed by atoms with Gasteiger partial charge in [-0.3, -0.25) is 9.36 Å². The van der Waals surface area contributed by atoms with Crippen LogP contribution in [0.5, 0.6) is 0 Å². The Bertz CT molecular complexity index is 719. The Kier molecular flexibility index (Phi) is 3.67. The van der Waals surface area contributed by atoms with Gasteiger partial charge in [-0.2, -0.15) is 0 Å². The zero-order chi connectivity index (χ0) is 15.0. The van der Waals surface area contributed by atoms with Gasteiger partial charge in [0.1, 0.15) is 5.82 Å². The van der Waals surface area contributed by atoms with E-state index in [4.69, 9.17) is 0 Å². The smallest absolute Gasteiger partial charge is 0.293 e. The van der Waals surface area contributed by atoms with Crippen molar-refractivity contribution in [1.29, 1.82) is 0 Å². The molecule has 21 heavy (non-hydrogen) atoms. The Morgan fingerprint density at radius 1 is 1.43 bits per heavy atom. The molecule has 1 N–H and O–H groups in total. The maximum absolute atomic E-state index is 12.9. The van der Waals surface area contributed by atoms with E-state index in [2.05, 4.69) is 10.2 Å². The lowest BCUT2D eigenvalue weighted by atomic mass is 10.1. The summed E-state index contributed by atoms with van der Waals surface area (Å²) in [6.45, 7) is 1.76. The first-order chi connectivity index (χ1) is 10.1. The number of thioether (sulfide) groups is 1. The van der Waals surface area contributed by atoms with Gasteiger partial charge in [-0.15, -0.1) is 5.10 Å². The van der Waals surface area contributed by atoms with Crippen LogP contribution < -0.4 is 5.69 Å². The van der Waals surface area contributed by atoms with Crippen LogP contribution in [0.25, 0.3) is 0 Å². The number of aromatic amines is 1. The molecule has 1 atom stereocenters. The Hall–Kier alpha value is -1.89. The maximum Gasteiger partial charge on any atom is 0.344 e. The van der Waals surface area contributed by atoms with Crippen molar-refractivity contribution in [3.8, 4) is 0 Å². The lowest BCUT2D eigenvalue weighted by molar-refractivity contribution is 0.0994. The third kappa shape index (κ3) is 2.92. The molecule has 2 aromatic rings. The molecule has 1 heterocycles. The van der Waals surface area contributed by atoms with E-state index in [-0.39, 0.29) is 23.3 Å². The summed E-state index contributed by atoms with van der Waals surface area (Å²) in [5.74, 6) is -0.487. The number of hydrogen-bond donors (Lipinski definition) is 1. The van der Waals surface area contributed by atoms with Crippen LogP contribution in [0.3, 0.4) is 0 Å². The third-order valence-corrected chi connectivity index (χ3v) is 4.43. The number of Topliss-reactive ketones (excluding diaryl/α,β-unsaturated/α-hetero) is 1. The van der Waals surface area contributed by atoms with E-state index in [0.29, 0.717) is 10.7 Å². The average molecular weight is 307 g/mol. The molecule has 7 heteroatoms. The molecule has 110 valence electrons. The number of nitrogens with one attached hydrogen (secondary N) is 1. The monoisotopic (exact) mass is 307 g/mol. The summed E-state index contributed by atoms with van der Waals surface area (Å²) >= 11 is 1.24. The van der Waals surface area contributed by atoms with Crippen LogP contribution in [-0.2, 0) is 0 Å². The molecule has 0 saturated heterocycles. The topological polar surface area (TPSA) is 67.8 Å². The molecule has 0 radical (unpaired) electrons. The van der Waals surface area contributed by atoms with Gasteiger partial charge in [-0.25, -0.2) is 14.3 Å². The van der Waals surface area contributed by atoms with Crippen LogP contribution in [0, 0.1) is 5.82 Å². The molecule has 0 amide bonds. The van der Waals surface area contributed by atoms with Gasteiger partial charge in [0, 0.05) is 11.6 Å². The van der Waals surface area contributed by atoms with Gasteiger partial charge < -0.3 is 0 Å². The zero-order valence-corrected chi connectivity index (χ0v) is 12.2. The second kappa shape index (κ2) is 5.48. The molecule has 1 aliphatic rings. The Morgan fingerprint density at radius 2 is 2.10 bits per heavy atom. The lowest BCUT2D eigenvalue weighted by Gasteiger charge is -2.10. The number of aromatic nitrogens is 3. The van der Waals surface area contributed by atoms with Crippen molar-refractivity contribution in [3.63, 3.8) is 0 Å². The minimum absolute atomic E-state index is 0.113. The highest BCUT2D eigenvalue weighted by atomic mass is 32.2. The van der Waals surface area contributed by atoms with Crippen molar-refractivity contribution >= 4 is 17.5 Å². The molecule has 1 aromatic heterocycles. The number of carbonyl (C=O) groups is 1. The first-order valence-electron chi connectivity index (χ1n) is 6.69. The van der Waals surface area contributed by atoms with Gasteiger partial charge in [0.2, 0.25) is 0 Å². The van der Waals surface area contributed by atoms with Crippen LogP contribution in [0.4, 0.5) is 4.39 Å². The summed E-state index contributed by atoms with van der Waals surface area (Å²) in [6.07, 6.45) is 1.93. The predicted octanol–water partition coefficient (Wildman–Crippen LogP) is 2.41. The first-order valence-corrected chi connectivity index (χ1v) is 7.57. The second-order valence-electron chi connectivity index (χ2n) is 5.04. The number of ketones is 1. The molecule has 5 nitrogen and oxygen atoms in total. The summed E-state index contributed by atoms with van der Waals surface area (Å²) in [4.78, 5) is 24.0. The van der Waals surface area contributed by atoms with E-state index < -0.39 is 5.25 Å². The van der Waals surface area contributed by atoms with Crippen LogP contribution in [0.1, 0.15) is 36.2 Å². The fourth-order valence-electron chi connectivity index (χ4n) is 2.09. The van der Waals surface area contributed by atoms with Gasteiger partial charge in [0.05, 0.1) is 5.25 Å². The molecular weight excluding hydrogens is 293 g/mol. The van der Waals surface area contributed by atoms with E-state index in [9.17, 15) is 14.0 Å². The Balaban J connectivity index is 1.77. The SMILES string of the molecule is CC(Sc1n[nH]c(=O)n1C1CC1)C(=O)c1ccc(F)cc1. The molecule has 0 spiro atoms. The number of carbonyl (C=O) groups excluding carboxylic acids is 1. The largest absolute Gasteiger partial charge is 0.344 e. The highest BCUT2D eigenvalue weighted by molar-refractivity contribution is 8.00. The molecule has 0 aliphatic heterocycles. The standard InChI is InChI=1S/C14H14FN3O2S/c1-8(12(19)9-2-4-10(15)5-3-9)21-14-17-16-13(20)18(14)11-6-7-11/h2-5,8,11H,6-7H2,1H3,(H,16,20). The van der Waals surface area contributed by atoms with E-state index in [1.54, 1.807) is 11.5 Å². The number of hydrogen-bond acceptors (Lipinski definition) is 4. The van der Waals surface area contributed by atoms with Crippen LogP contribution in [-0.4, -0.2) is 25.8 Å². The van der Waals surface area contributed by atoms with Crippen molar-refractivity contribution < 1.29 is 9.18 Å². The predicted molar refractivity (Wildman–Crippen MR) is 77.2 cm³/mol. The van der Waals surface area contributed by atoms with Gasteiger partial charge >= 0.3 is 5.69 Å². The van der Waals surface area contributed by atoms with Gasteiger partial charge in [0.25, 0.3) is 0 Å². The van der Waals surface area contributed by atoms with Crippen molar-refractivity contribution in [2.45, 2.75) is 36.2 Å². The summed E-state index contributed by atoms with van der Waals surface area (Å²) in [5.41, 5.74) is 0.216. The third-order valence-electron chi connectivity index (χ3n) is 3.36. The maximum atomic E-state index is 12.9. The summed E-state index contributed by atoms with van der Waals surface area (Å²) in [6, 6.07) is 5.66. The summed E-state index contributed by atoms with van der Waals surface area (Å²) < 4.78 is 14.5. The number of benzene rings is 1. The molecule has 1 aliphatic carbocycles. The van der Waals surface area contributed by atoms with Crippen molar-refractivity contribution in [1.82, 2.24) is 14.8 Å². The minimum atomic E-state index is -0.400. The second-order valence-corrected chi connectivity index (χ2v) is 6.35. The van der Waals surface area contributed by atoms with Gasteiger partial charge in [-0.1, -0.05) is 11.8 Å². The van der Waals surface area contributed by atoms with Crippen LogP contribution in [0.15, 0.2) is 34.2 Å². The zero-order valence-electron chi connectivity index (χ0n) is 11.4. The van der Waals surface area contributed by atoms with Gasteiger partial charge in [0.15, 0.2) is 10.9 Å². The van der Waals surface area contributed by atoms with E-state index >= 15 is 0 Å². The molecular formula is C14H14FN3O2S. The number of halogens is 1. The van der Waals surface area contributed by atoms with Crippen molar-refractivity contribution in [3.05, 3.63) is 46.1 Å². The van der Waals surface area contributed by atoms with Crippen molar-refractivity contribution in [2.75, 3.05) is 0 Å². The molecule has 3 rings (SSSR count). The summed E-state index contributed by atoms with van der Waals surface area (Å²) in [5, 5.41) is 6.54. The first kappa shape index (κ1) is 14.1. The molecule has 1 unspecified atom stereocenters. The fourth-order valence-corrected chi connectivity index (χ4v) is 3.09. The lowest BCUT2D eigenvalue weighted by Crippen LogP contribution is -2.18. The normalized spacial score (nSPS) is 15.9. The summed E-state index contributed by atoms with van der Waals surface area (Å²) in [7, 11) is 0. The van der Waals surface area contributed by atoms with Crippen LogP contribution in [0.2, 0.25) is 0 Å². The van der Waals surface area contributed by atoms with Crippen molar-refractivity contribution in [2.24, 2.45) is 0 Å². The minimum Gasteiger partial charge on any atom is -0.293 e. The fraction of sp³-hybridized carbons (Fsp3) is 0.357. The molecule has 1 fully saturated rings. The number of rotatable bonds is 5. The highest BCUT2D eigenvalue weighted by Gasteiger charge is 2.30. The quantitative estimate of drug-likeness (QED) is 0.680. The van der Waals surface area contributed by atoms with Crippen LogP contribution >= 0.6 is 11.8 Å². The Labute approximate surface area is 124 Å².